The minimum atomic E-state index is -1.54. The van der Waals surface area contributed by atoms with E-state index in [4.69, 9.17) is 9.84 Å². The molecule has 2 rings (SSSR count). The molecule has 0 aromatic heterocycles. The summed E-state index contributed by atoms with van der Waals surface area (Å²) in [4.78, 5) is 21.0. The van der Waals surface area contributed by atoms with Crippen LogP contribution in [-0.2, 0) is 0 Å². The lowest BCUT2D eigenvalue weighted by atomic mass is 10.1. The van der Waals surface area contributed by atoms with Gasteiger partial charge in [0.05, 0.1) is 4.92 Å². The van der Waals surface area contributed by atoms with Crippen LogP contribution in [0.3, 0.4) is 0 Å². The molecule has 0 amide bonds. The second kappa shape index (κ2) is 5.53. The van der Waals surface area contributed by atoms with Gasteiger partial charge in [-0.2, -0.15) is 4.39 Å². The third kappa shape index (κ3) is 2.78. The summed E-state index contributed by atoms with van der Waals surface area (Å²) in [5.41, 5.74) is -1.46. The SMILES string of the molecule is O=C(O)c1cccc(Oc2cccc(F)c2F)c1[N+](=O)[O-]. The molecule has 0 aliphatic heterocycles. The molecule has 0 aliphatic rings. The smallest absolute Gasteiger partial charge is 0.342 e. The van der Waals surface area contributed by atoms with Gasteiger partial charge < -0.3 is 9.84 Å². The largest absolute Gasteiger partial charge is 0.477 e. The van der Waals surface area contributed by atoms with Crippen molar-refractivity contribution < 1.29 is 28.3 Å². The van der Waals surface area contributed by atoms with Crippen molar-refractivity contribution in [1.29, 1.82) is 0 Å². The first-order valence-electron chi connectivity index (χ1n) is 5.54. The second-order valence-corrected chi connectivity index (χ2v) is 3.87. The van der Waals surface area contributed by atoms with E-state index >= 15 is 0 Å². The summed E-state index contributed by atoms with van der Waals surface area (Å²) in [6.07, 6.45) is 0. The zero-order chi connectivity index (χ0) is 15.6. The molecular formula is C13H7F2NO5. The number of carboxylic acid groups (broad SMARTS) is 1. The Morgan fingerprint density at radius 2 is 1.76 bits per heavy atom. The van der Waals surface area contributed by atoms with Gasteiger partial charge in [0, 0.05) is 0 Å². The Morgan fingerprint density at radius 1 is 1.14 bits per heavy atom. The molecule has 0 spiro atoms. The van der Waals surface area contributed by atoms with Gasteiger partial charge in [-0.05, 0) is 24.3 Å². The van der Waals surface area contributed by atoms with Crippen molar-refractivity contribution >= 4 is 11.7 Å². The first-order chi connectivity index (χ1) is 9.91. The minimum absolute atomic E-state index is 0.496. The number of rotatable bonds is 4. The molecule has 21 heavy (non-hydrogen) atoms. The molecule has 0 unspecified atom stereocenters. The Morgan fingerprint density at radius 3 is 2.38 bits per heavy atom. The van der Waals surface area contributed by atoms with Crippen molar-refractivity contribution in [3.05, 3.63) is 63.7 Å². The average molecular weight is 295 g/mol. The zero-order valence-corrected chi connectivity index (χ0v) is 10.2. The van der Waals surface area contributed by atoms with Gasteiger partial charge >= 0.3 is 11.7 Å². The molecule has 0 saturated carbocycles. The monoisotopic (exact) mass is 295 g/mol. The molecular weight excluding hydrogens is 288 g/mol. The summed E-state index contributed by atoms with van der Waals surface area (Å²) in [6.45, 7) is 0. The van der Waals surface area contributed by atoms with Crippen LogP contribution in [0.4, 0.5) is 14.5 Å². The predicted molar refractivity (Wildman–Crippen MR) is 66.5 cm³/mol. The third-order valence-corrected chi connectivity index (χ3v) is 2.55. The van der Waals surface area contributed by atoms with Crippen LogP contribution in [-0.4, -0.2) is 16.0 Å². The topological polar surface area (TPSA) is 89.7 Å². The van der Waals surface area contributed by atoms with Gasteiger partial charge in [-0.25, -0.2) is 9.18 Å². The maximum absolute atomic E-state index is 13.5. The Labute approximate surface area is 116 Å². The van der Waals surface area contributed by atoms with Crippen LogP contribution in [0.5, 0.6) is 11.5 Å². The van der Waals surface area contributed by atoms with E-state index < -0.39 is 45.3 Å². The maximum atomic E-state index is 13.5. The van der Waals surface area contributed by atoms with Crippen molar-refractivity contribution in [2.75, 3.05) is 0 Å². The van der Waals surface area contributed by atoms with Gasteiger partial charge in [-0.15, -0.1) is 0 Å². The molecule has 2 aromatic rings. The van der Waals surface area contributed by atoms with Gasteiger partial charge in [0.1, 0.15) is 5.56 Å². The van der Waals surface area contributed by atoms with E-state index in [9.17, 15) is 23.7 Å². The molecule has 1 N–H and O–H groups in total. The van der Waals surface area contributed by atoms with Crippen LogP contribution < -0.4 is 4.74 Å². The summed E-state index contributed by atoms with van der Waals surface area (Å²) in [5.74, 6) is -5.13. The van der Waals surface area contributed by atoms with E-state index in [0.29, 0.717) is 0 Å². The number of carbonyl (C=O) groups is 1. The third-order valence-electron chi connectivity index (χ3n) is 2.55. The van der Waals surface area contributed by atoms with Crippen molar-refractivity contribution in [1.82, 2.24) is 0 Å². The molecule has 0 radical (unpaired) electrons. The molecule has 0 saturated heterocycles. The second-order valence-electron chi connectivity index (χ2n) is 3.87. The lowest BCUT2D eigenvalue weighted by Gasteiger charge is -2.08. The van der Waals surface area contributed by atoms with Crippen LogP contribution >= 0.6 is 0 Å². The standard InChI is InChI=1S/C13H7F2NO5/c14-8-4-2-5-9(11(8)15)21-10-6-1-3-7(13(17)18)12(10)16(19)20/h1-6H,(H,17,18). The van der Waals surface area contributed by atoms with E-state index in [1.807, 2.05) is 0 Å². The van der Waals surface area contributed by atoms with Crippen molar-refractivity contribution in [3.8, 4) is 11.5 Å². The van der Waals surface area contributed by atoms with Crippen LogP contribution in [0, 0.1) is 21.7 Å². The number of para-hydroxylation sites is 1. The number of carboxylic acids is 1. The molecule has 0 fully saturated rings. The molecule has 0 atom stereocenters. The number of aromatic carboxylic acids is 1. The molecule has 108 valence electrons. The molecule has 8 heteroatoms. The number of nitrogens with zero attached hydrogens (tertiary/aromatic N) is 1. The Hall–Kier alpha value is -3.03. The summed E-state index contributed by atoms with van der Waals surface area (Å²) in [5, 5.41) is 19.9. The maximum Gasteiger partial charge on any atom is 0.342 e. The molecule has 0 bridgehead atoms. The van der Waals surface area contributed by atoms with Crippen molar-refractivity contribution in [2.45, 2.75) is 0 Å². The first-order valence-corrected chi connectivity index (χ1v) is 5.54. The Balaban J connectivity index is 2.54. The zero-order valence-electron chi connectivity index (χ0n) is 10.2. The fourth-order valence-electron chi connectivity index (χ4n) is 1.65. The molecule has 2 aromatic carbocycles. The number of nitro benzene ring substituents is 1. The van der Waals surface area contributed by atoms with E-state index in [-0.39, 0.29) is 0 Å². The summed E-state index contributed by atoms with van der Waals surface area (Å²) < 4.78 is 31.5. The fraction of sp³-hybridized carbons (Fsp3) is 0. The average Bonchev–Trinajstić information content (AvgIpc) is 2.43. The highest BCUT2D eigenvalue weighted by Crippen LogP contribution is 2.35. The van der Waals surface area contributed by atoms with Crippen molar-refractivity contribution in [3.63, 3.8) is 0 Å². The van der Waals surface area contributed by atoms with Gasteiger partial charge in [0.2, 0.25) is 11.6 Å². The van der Waals surface area contributed by atoms with Crippen molar-refractivity contribution in [2.24, 2.45) is 0 Å². The van der Waals surface area contributed by atoms with Gasteiger partial charge in [0.25, 0.3) is 0 Å². The highest BCUT2D eigenvalue weighted by atomic mass is 19.2. The van der Waals surface area contributed by atoms with E-state index in [1.54, 1.807) is 0 Å². The van der Waals surface area contributed by atoms with Crippen LogP contribution in [0.1, 0.15) is 10.4 Å². The molecule has 6 nitrogen and oxygen atoms in total. The van der Waals surface area contributed by atoms with E-state index in [2.05, 4.69) is 0 Å². The number of benzene rings is 2. The minimum Gasteiger partial charge on any atom is -0.477 e. The summed E-state index contributed by atoms with van der Waals surface area (Å²) in [6, 6.07) is 6.37. The highest BCUT2D eigenvalue weighted by Gasteiger charge is 2.26. The lowest BCUT2D eigenvalue weighted by Crippen LogP contribution is -2.04. The number of hydrogen-bond acceptors (Lipinski definition) is 4. The molecule has 0 aliphatic carbocycles. The lowest BCUT2D eigenvalue weighted by molar-refractivity contribution is -0.386. The van der Waals surface area contributed by atoms with Gasteiger partial charge in [-0.3, -0.25) is 10.1 Å². The fourth-order valence-corrected chi connectivity index (χ4v) is 1.65. The van der Waals surface area contributed by atoms with E-state index in [0.717, 1.165) is 30.3 Å². The Bertz CT molecular complexity index is 732. The predicted octanol–water partition coefficient (Wildman–Crippen LogP) is 3.36. The van der Waals surface area contributed by atoms with Crippen LogP contribution in [0.2, 0.25) is 0 Å². The van der Waals surface area contributed by atoms with E-state index in [1.165, 1.54) is 6.07 Å². The molecule has 0 heterocycles. The van der Waals surface area contributed by atoms with Crippen LogP contribution in [0.15, 0.2) is 36.4 Å². The number of ether oxygens (including phenoxy) is 1. The van der Waals surface area contributed by atoms with Gasteiger partial charge in [0.15, 0.2) is 11.6 Å². The number of hydrogen-bond donors (Lipinski definition) is 1. The number of nitro groups is 1. The van der Waals surface area contributed by atoms with Gasteiger partial charge in [-0.1, -0.05) is 12.1 Å². The summed E-state index contributed by atoms with van der Waals surface area (Å²) in [7, 11) is 0. The summed E-state index contributed by atoms with van der Waals surface area (Å²) >= 11 is 0. The first kappa shape index (κ1) is 14.4. The Kier molecular flexibility index (Phi) is 3.79. The quantitative estimate of drug-likeness (QED) is 0.690. The van der Waals surface area contributed by atoms with Crippen LogP contribution in [0.25, 0.3) is 0 Å². The number of halogens is 2. The highest BCUT2D eigenvalue weighted by molar-refractivity contribution is 5.93. The normalized spacial score (nSPS) is 10.2.